The Labute approximate surface area is 166 Å². The third kappa shape index (κ3) is 4.21. The van der Waals surface area contributed by atoms with Crippen molar-refractivity contribution in [1.82, 2.24) is 10.2 Å². The fourth-order valence-corrected chi connectivity index (χ4v) is 3.78. The van der Waals surface area contributed by atoms with Gasteiger partial charge in [-0.1, -0.05) is 23.3 Å². The van der Waals surface area contributed by atoms with E-state index in [9.17, 15) is 13.2 Å². The summed E-state index contributed by atoms with van der Waals surface area (Å²) in [6, 6.07) is 11.3. The molecule has 29 heavy (non-hydrogen) atoms. The van der Waals surface area contributed by atoms with Crippen molar-refractivity contribution in [3.8, 4) is 11.5 Å². The van der Waals surface area contributed by atoms with Gasteiger partial charge in [0, 0.05) is 6.26 Å². The van der Waals surface area contributed by atoms with Gasteiger partial charge in [0.05, 0.1) is 16.9 Å². The van der Waals surface area contributed by atoms with Gasteiger partial charge in [-0.2, -0.15) is 0 Å². The van der Waals surface area contributed by atoms with Crippen LogP contribution in [0.1, 0.15) is 21.8 Å². The molecule has 150 valence electrons. The number of rotatable bonds is 5. The third-order valence-electron chi connectivity index (χ3n) is 4.18. The summed E-state index contributed by atoms with van der Waals surface area (Å²) in [5.74, 6) is 0.969. The number of hydrogen-bond acceptors (Lipinski definition) is 8. The van der Waals surface area contributed by atoms with Crippen LogP contribution in [0.3, 0.4) is 0 Å². The van der Waals surface area contributed by atoms with Gasteiger partial charge in [-0.25, -0.2) is 8.42 Å². The van der Waals surface area contributed by atoms with Crippen molar-refractivity contribution < 1.29 is 27.1 Å². The van der Waals surface area contributed by atoms with Gasteiger partial charge in [0.1, 0.15) is 13.2 Å². The van der Waals surface area contributed by atoms with Crippen LogP contribution >= 0.6 is 0 Å². The van der Waals surface area contributed by atoms with Crippen molar-refractivity contribution in [1.29, 1.82) is 0 Å². The lowest BCUT2D eigenvalue weighted by atomic mass is 10.1. The standard InChI is InChI=1S/C19H17N3O6S/c1-29(24,25)16-5-3-2-4-13(16)18(23)20-19-22-21-17(28-19)11-12-6-7-14-15(10-12)27-9-8-26-14/h2-7,10H,8-9,11H2,1H3,(H,20,22,23). The van der Waals surface area contributed by atoms with Gasteiger partial charge in [0.2, 0.25) is 5.89 Å². The second kappa shape index (κ2) is 7.55. The number of fused-ring (bicyclic) bond motifs is 1. The van der Waals surface area contributed by atoms with Crippen LogP contribution in [0, 0.1) is 0 Å². The van der Waals surface area contributed by atoms with Crippen LogP contribution < -0.4 is 14.8 Å². The molecule has 1 aliphatic heterocycles. The Hall–Kier alpha value is -3.40. The van der Waals surface area contributed by atoms with Gasteiger partial charge in [0.15, 0.2) is 21.3 Å². The molecule has 0 saturated heterocycles. The summed E-state index contributed by atoms with van der Waals surface area (Å²) in [5, 5.41) is 10.2. The van der Waals surface area contributed by atoms with Crippen LogP contribution in [0.2, 0.25) is 0 Å². The summed E-state index contributed by atoms with van der Waals surface area (Å²) in [6.07, 6.45) is 1.37. The second-order valence-electron chi connectivity index (χ2n) is 6.38. The minimum atomic E-state index is -3.56. The number of carbonyl (C=O) groups is 1. The maximum absolute atomic E-state index is 12.5. The zero-order chi connectivity index (χ0) is 20.4. The van der Waals surface area contributed by atoms with Crippen molar-refractivity contribution in [2.24, 2.45) is 0 Å². The predicted octanol–water partition coefficient (Wildman–Crippen LogP) is 2.09. The number of nitrogens with zero attached hydrogens (tertiary/aromatic N) is 2. The zero-order valence-corrected chi connectivity index (χ0v) is 16.2. The lowest BCUT2D eigenvalue weighted by Crippen LogP contribution is -2.16. The average molecular weight is 415 g/mol. The predicted molar refractivity (Wildman–Crippen MR) is 102 cm³/mol. The van der Waals surface area contributed by atoms with Gasteiger partial charge < -0.3 is 13.9 Å². The fraction of sp³-hybridized carbons (Fsp3) is 0.211. The van der Waals surface area contributed by atoms with E-state index in [4.69, 9.17) is 13.9 Å². The van der Waals surface area contributed by atoms with Crippen LogP contribution in [-0.4, -0.2) is 44.0 Å². The molecule has 0 spiro atoms. The average Bonchev–Trinajstić information content (AvgIpc) is 3.14. The fourth-order valence-electron chi connectivity index (χ4n) is 2.89. The molecule has 2 heterocycles. The highest BCUT2D eigenvalue weighted by Gasteiger charge is 2.20. The molecule has 0 fully saturated rings. The summed E-state index contributed by atoms with van der Waals surface area (Å²) < 4.78 is 40.2. The van der Waals surface area contributed by atoms with Crippen molar-refractivity contribution in [3.05, 3.63) is 59.5 Å². The van der Waals surface area contributed by atoms with Crippen molar-refractivity contribution in [2.75, 3.05) is 24.8 Å². The highest BCUT2D eigenvalue weighted by molar-refractivity contribution is 7.90. The van der Waals surface area contributed by atoms with Crippen LogP contribution in [0.25, 0.3) is 0 Å². The molecule has 1 N–H and O–H groups in total. The first-order valence-electron chi connectivity index (χ1n) is 8.71. The van der Waals surface area contributed by atoms with Crippen LogP contribution in [0.15, 0.2) is 51.8 Å². The van der Waals surface area contributed by atoms with Gasteiger partial charge in [-0.3, -0.25) is 10.1 Å². The SMILES string of the molecule is CS(=O)(=O)c1ccccc1C(=O)Nc1nnc(Cc2ccc3c(c2)OCCO3)o1. The number of aromatic nitrogens is 2. The van der Waals surface area contributed by atoms with E-state index in [1.807, 2.05) is 18.2 Å². The lowest BCUT2D eigenvalue weighted by molar-refractivity contribution is 0.102. The molecule has 10 heteroatoms. The van der Waals surface area contributed by atoms with Crippen molar-refractivity contribution in [3.63, 3.8) is 0 Å². The largest absolute Gasteiger partial charge is 0.486 e. The van der Waals surface area contributed by atoms with E-state index in [0.717, 1.165) is 11.8 Å². The number of sulfone groups is 1. The number of ether oxygens (including phenoxy) is 2. The smallest absolute Gasteiger partial charge is 0.322 e. The number of anilines is 1. The number of benzene rings is 2. The highest BCUT2D eigenvalue weighted by atomic mass is 32.2. The zero-order valence-electron chi connectivity index (χ0n) is 15.4. The minimum absolute atomic E-state index is 0.00147. The first kappa shape index (κ1) is 18.9. The maximum Gasteiger partial charge on any atom is 0.322 e. The first-order chi connectivity index (χ1) is 13.9. The molecule has 0 unspecified atom stereocenters. The van der Waals surface area contributed by atoms with Gasteiger partial charge in [-0.05, 0) is 29.8 Å². The van der Waals surface area contributed by atoms with E-state index >= 15 is 0 Å². The Morgan fingerprint density at radius 3 is 2.62 bits per heavy atom. The molecule has 9 nitrogen and oxygen atoms in total. The molecule has 0 radical (unpaired) electrons. The summed E-state index contributed by atoms with van der Waals surface area (Å²) in [7, 11) is -3.56. The van der Waals surface area contributed by atoms with Gasteiger partial charge in [-0.15, -0.1) is 5.10 Å². The molecule has 2 aromatic carbocycles. The molecule has 0 saturated carbocycles. The van der Waals surface area contributed by atoms with E-state index in [1.165, 1.54) is 12.1 Å². The molecular formula is C19H17N3O6S. The first-order valence-corrected chi connectivity index (χ1v) is 10.6. The summed E-state index contributed by atoms with van der Waals surface area (Å²) >= 11 is 0. The molecule has 1 aromatic heterocycles. The van der Waals surface area contributed by atoms with Gasteiger partial charge in [0.25, 0.3) is 5.91 Å². The Kier molecular flexibility index (Phi) is 4.93. The molecule has 4 rings (SSSR count). The Balaban J connectivity index is 1.48. The monoisotopic (exact) mass is 415 g/mol. The molecular weight excluding hydrogens is 398 g/mol. The van der Waals surface area contributed by atoms with E-state index in [1.54, 1.807) is 12.1 Å². The third-order valence-corrected chi connectivity index (χ3v) is 5.34. The van der Waals surface area contributed by atoms with E-state index in [2.05, 4.69) is 15.5 Å². The molecule has 0 bridgehead atoms. The van der Waals surface area contributed by atoms with Crippen LogP contribution in [0.5, 0.6) is 11.5 Å². The summed E-state index contributed by atoms with van der Waals surface area (Å²) in [4.78, 5) is 12.4. The van der Waals surface area contributed by atoms with Gasteiger partial charge >= 0.3 is 6.01 Å². The number of carbonyl (C=O) groups excluding carboxylic acids is 1. The van der Waals surface area contributed by atoms with Crippen LogP contribution in [-0.2, 0) is 16.3 Å². The lowest BCUT2D eigenvalue weighted by Gasteiger charge is -2.18. The summed E-state index contributed by atoms with van der Waals surface area (Å²) in [6.45, 7) is 1.00. The maximum atomic E-state index is 12.5. The molecule has 0 atom stereocenters. The summed E-state index contributed by atoms with van der Waals surface area (Å²) in [5.41, 5.74) is 0.875. The number of nitrogens with one attached hydrogen (secondary N) is 1. The Morgan fingerprint density at radius 1 is 1.07 bits per heavy atom. The van der Waals surface area contributed by atoms with Crippen molar-refractivity contribution in [2.45, 2.75) is 11.3 Å². The molecule has 3 aromatic rings. The topological polar surface area (TPSA) is 121 Å². The second-order valence-corrected chi connectivity index (χ2v) is 8.36. The number of hydrogen-bond donors (Lipinski definition) is 1. The van der Waals surface area contributed by atoms with E-state index < -0.39 is 15.7 Å². The molecule has 1 amide bonds. The quantitative estimate of drug-likeness (QED) is 0.672. The van der Waals surface area contributed by atoms with Crippen LogP contribution in [0.4, 0.5) is 6.01 Å². The molecule has 1 aliphatic rings. The highest BCUT2D eigenvalue weighted by Crippen LogP contribution is 2.31. The van der Waals surface area contributed by atoms with E-state index in [-0.39, 0.29) is 22.4 Å². The number of amides is 1. The Bertz CT molecular complexity index is 1170. The van der Waals surface area contributed by atoms with E-state index in [0.29, 0.717) is 31.1 Å². The van der Waals surface area contributed by atoms with Crippen molar-refractivity contribution >= 4 is 21.8 Å². The molecule has 0 aliphatic carbocycles. The Morgan fingerprint density at radius 2 is 1.83 bits per heavy atom. The minimum Gasteiger partial charge on any atom is -0.486 e. The normalized spacial score (nSPS) is 13.1.